The SMILES string of the molecule is CC(N)=NCCCCC(=O)Nc1ccc2c(c1)S(=O)(=O)C1C=C(NC(=O)CCCCN=C(N)N)C=CC1C2. The first-order valence-electron chi connectivity index (χ1n) is 12.7. The van der Waals surface area contributed by atoms with Gasteiger partial charge >= 0.3 is 0 Å². The van der Waals surface area contributed by atoms with Gasteiger partial charge in [-0.25, -0.2) is 8.42 Å². The number of amides is 2. The van der Waals surface area contributed by atoms with Gasteiger partial charge in [-0.05, 0) is 68.9 Å². The Hall–Kier alpha value is -3.67. The van der Waals surface area contributed by atoms with Gasteiger partial charge in [0.15, 0.2) is 15.8 Å². The standard InChI is InChI=1S/C26H37N7O4S/c1-17(27)30-12-4-2-6-24(34)32-20-10-8-18-14-19-9-11-21(16-23(19)38(36,37)22(18)15-20)33-25(35)7-3-5-13-31-26(28)29/h8-11,15-16,19,23H,2-7,12-14H2,1H3,(H2,27,30)(H,32,34)(H,33,35)(H4,28,29,31). The molecular formula is C26H37N7O4S. The first-order valence-corrected chi connectivity index (χ1v) is 14.3. The van der Waals surface area contributed by atoms with Gasteiger partial charge in [-0.15, -0.1) is 0 Å². The number of guanidine groups is 1. The van der Waals surface area contributed by atoms with Crippen LogP contribution in [-0.2, 0) is 25.8 Å². The molecule has 1 aromatic carbocycles. The molecule has 11 nitrogen and oxygen atoms in total. The summed E-state index contributed by atoms with van der Waals surface area (Å²) in [5.41, 5.74) is 17.7. The molecule has 2 aliphatic rings. The monoisotopic (exact) mass is 543 g/mol. The summed E-state index contributed by atoms with van der Waals surface area (Å²) in [6.07, 6.45) is 8.99. The van der Waals surface area contributed by atoms with Gasteiger partial charge in [-0.2, -0.15) is 0 Å². The van der Waals surface area contributed by atoms with Crippen molar-refractivity contribution in [2.45, 2.75) is 62.0 Å². The van der Waals surface area contributed by atoms with E-state index < -0.39 is 15.1 Å². The highest BCUT2D eigenvalue weighted by atomic mass is 32.2. The summed E-state index contributed by atoms with van der Waals surface area (Å²) >= 11 is 0. The number of nitrogens with one attached hydrogen (secondary N) is 2. The Morgan fingerprint density at radius 2 is 1.63 bits per heavy atom. The number of rotatable bonds is 12. The molecule has 2 unspecified atom stereocenters. The van der Waals surface area contributed by atoms with Crippen LogP contribution in [0.1, 0.15) is 51.0 Å². The average Bonchev–Trinajstić information content (AvgIpc) is 2.84. The van der Waals surface area contributed by atoms with Gasteiger partial charge in [0.25, 0.3) is 0 Å². The molecule has 206 valence electrons. The van der Waals surface area contributed by atoms with E-state index >= 15 is 0 Å². The van der Waals surface area contributed by atoms with Gasteiger partial charge < -0.3 is 27.8 Å². The molecule has 0 aromatic heterocycles. The molecule has 0 radical (unpaired) electrons. The van der Waals surface area contributed by atoms with Gasteiger partial charge in [-0.3, -0.25) is 19.6 Å². The van der Waals surface area contributed by atoms with Crippen molar-refractivity contribution >= 4 is 39.1 Å². The topological polar surface area (TPSA) is 195 Å². The fourth-order valence-electron chi connectivity index (χ4n) is 4.45. The number of benzene rings is 1. The highest BCUT2D eigenvalue weighted by molar-refractivity contribution is 7.92. The minimum atomic E-state index is -3.73. The molecule has 0 fully saturated rings. The van der Waals surface area contributed by atoms with Gasteiger partial charge in [0.1, 0.15) is 0 Å². The van der Waals surface area contributed by atoms with Crippen molar-refractivity contribution in [3.05, 3.63) is 47.7 Å². The number of hydrogen-bond donors (Lipinski definition) is 5. The second kappa shape index (κ2) is 13.2. The number of amidine groups is 1. The number of nitrogens with two attached hydrogens (primary N) is 3. The maximum atomic E-state index is 13.5. The van der Waals surface area contributed by atoms with Crippen molar-refractivity contribution in [2.24, 2.45) is 33.1 Å². The highest BCUT2D eigenvalue weighted by Crippen LogP contribution is 2.38. The second-order valence-corrected chi connectivity index (χ2v) is 11.6. The number of nitrogens with zero attached hydrogens (tertiary/aromatic N) is 2. The highest BCUT2D eigenvalue weighted by Gasteiger charge is 2.40. The zero-order valence-corrected chi connectivity index (χ0v) is 22.5. The quantitative estimate of drug-likeness (QED) is 0.150. The van der Waals surface area contributed by atoms with Crippen LogP contribution in [0.25, 0.3) is 0 Å². The second-order valence-electron chi connectivity index (χ2n) is 9.52. The molecule has 0 bridgehead atoms. The Bertz CT molecular complexity index is 1260. The Balaban J connectivity index is 1.61. The Morgan fingerprint density at radius 1 is 0.974 bits per heavy atom. The van der Waals surface area contributed by atoms with Gasteiger partial charge in [-0.1, -0.05) is 12.1 Å². The smallest absolute Gasteiger partial charge is 0.224 e. The number of aliphatic imine (C=N–C) groups is 2. The van der Waals surface area contributed by atoms with E-state index in [0.29, 0.717) is 68.0 Å². The molecule has 1 aromatic rings. The van der Waals surface area contributed by atoms with Gasteiger partial charge in [0.2, 0.25) is 11.8 Å². The van der Waals surface area contributed by atoms with Crippen LogP contribution in [0.3, 0.4) is 0 Å². The Kier molecular flexibility index (Phi) is 10.1. The number of carbonyl (C=O) groups is 2. The molecule has 1 aliphatic heterocycles. The molecule has 1 heterocycles. The fraction of sp³-hybridized carbons (Fsp3) is 0.462. The molecule has 1 aliphatic carbocycles. The van der Waals surface area contributed by atoms with Crippen molar-refractivity contribution in [1.29, 1.82) is 0 Å². The lowest BCUT2D eigenvalue weighted by atomic mass is 9.91. The van der Waals surface area contributed by atoms with Crippen LogP contribution in [0.5, 0.6) is 0 Å². The third-order valence-corrected chi connectivity index (χ3v) is 8.52. The van der Waals surface area contributed by atoms with Crippen LogP contribution >= 0.6 is 0 Å². The molecule has 8 N–H and O–H groups in total. The van der Waals surface area contributed by atoms with Gasteiger partial charge in [0.05, 0.1) is 16.0 Å². The van der Waals surface area contributed by atoms with Crippen LogP contribution in [-0.4, -0.2) is 50.4 Å². The van der Waals surface area contributed by atoms with Crippen molar-refractivity contribution in [3.8, 4) is 0 Å². The number of anilines is 1. The largest absolute Gasteiger partial charge is 0.388 e. The van der Waals surface area contributed by atoms with Crippen molar-refractivity contribution in [3.63, 3.8) is 0 Å². The summed E-state index contributed by atoms with van der Waals surface area (Å²) in [6, 6.07) is 5.02. The summed E-state index contributed by atoms with van der Waals surface area (Å²) < 4.78 is 27.1. The van der Waals surface area contributed by atoms with E-state index in [4.69, 9.17) is 17.2 Å². The number of unbranched alkanes of at least 4 members (excludes halogenated alkanes) is 2. The Labute approximate surface area is 223 Å². The number of carbonyl (C=O) groups excluding carboxylic acids is 2. The molecule has 3 rings (SSSR count). The number of sulfone groups is 1. The van der Waals surface area contributed by atoms with Crippen molar-refractivity contribution in [2.75, 3.05) is 18.4 Å². The van der Waals surface area contributed by atoms with Crippen LogP contribution in [0.4, 0.5) is 5.69 Å². The third kappa shape index (κ3) is 8.17. The average molecular weight is 544 g/mol. The van der Waals surface area contributed by atoms with E-state index in [2.05, 4.69) is 20.6 Å². The number of fused-ring (bicyclic) bond motifs is 2. The third-order valence-electron chi connectivity index (χ3n) is 6.32. The zero-order chi connectivity index (χ0) is 27.7. The Morgan fingerprint density at radius 3 is 2.29 bits per heavy atom. The van der Waals surface area contributed by atoms with Crippen LogP contribution in [0.15, 0.2) is 57.0 Å². The summed E-state index contributed by atoms with van der Waals surface area (Å²) in [5, 5.41) is 4.80. The fourth-order valence-corrected chi connectivity index (χ4v) is 6.53. The lowest BCUT2D eigenvalue weighted by Gasteiger charge is -2.32. The molecular weight excluding hydrogens is 506 g/mol. The number of allylic oxidation sites excluding steroid dienone is 2. The number of hydrogen-bond acceptors (Lipinski definition) is 6. The first kappa shape index (κ1) is 28.9. The molecule has 38 heavy (non-hydrogen) atoms. The normalized spacial score (nSPS) is 19.5. The molecule has 2 atom stereocenters. The summed E-state index contributed by atoms with van der Waals surface area (Å²) in [6.45, 7) is 2.74. The summed E-state index contributed by atoms with van der Waals surface area (Å²) in [4.78, 5) is 32.9. The maximum Gasteiger partial charge on any atom is 0.224 e. The van der Waals surface area contributed by atoms with E-state index in [0.717, 1.165) is 6.42 Å². The summed E-state index contributed by atoms with van der Waals surface area (Å²) in [5.74, 6) is -0.0827. The lowest BCUT2D eigenvalue weighted by molar-refractivity contribution is -0.120. The van der Waals surface area contributed by atoms with E-state index in [1.807, 2.05) is 6.08 Å². The molecule has 0 saturated heterocycles. The maximum absolute atomic E-state index is 13.5. The first-order chi connectivity index (χ1) is 18.1. The van der Waals surface area contributed by atoms with Crippen molar-refractivity contribution < 1.29 is 18.0 Å². The lowest BCUT2D eigenvalue weighted by Crippen LogP contribution is -2.37. The summed E-state index contributed by atoms with van der Waals surface area (Å²) in [7, 11) is -3.73. The molecule has 0 spiro atoms. The van der Waals surface area contributed by atoms with Crippen molar-refractivity contribution in [1.82, 2.24) is 5.32 Å². The van der Waals surface area contributed by atoms with Gasteiger partial charge in [0, 0.05) is 43.2 Å². The minimum Gasteiger partial charge on any atom is -0.388 e. The van der Waals surface area contributed by atoms with E-state index in [1.165, 1.54) is 6.07 Å². The molecule has 2 amide bonds. The zero-order valence-electron chi connectivity index (χ0n) is 21.7. The van der Waals surface area contributed by atoms with E-state index in [-0.39, 0.29) is 35.0 Å². The predicted octanol–water partition coefficient (Wildman–Crippen LogP) is 1.50. The molecule has 12 heteroatoms. The van der Waals surface area contributed by atoms with Crippen LogP contribution < -0.4 is 27.8 Å². The van der Waals surface area contributed by atoms with Crippen LogP contribution in [0, 0.1) is 5.92 Å². The minimum absolute atomic E-state index is 0.0195. The predicted molar refractivity (Wildman–Crippen MR) is 149 cm³/mol. The van der Waals surface area contributed by atoms with E-state index in [9.17, 15) is 18.0 Å². The van der Waals surface area contributed by atoms with Crippen LogP contribution in [0.2, 0.25) is 0 Å². The molecule has 0 saturated carbocycles. The van der Waals surface area contributed by atoms with E-state index in [1.54, 1.807) is 31.2 Å².